The van der Waals surface area contributed by atoms with Gasteiger partial charge in [0.2, 0.25) is 0 Å². The van der Waals surface area contributed by atoms with E-state index in [1.165, 1.54) is 11.8 Å². The van der Waals surface area contributed by atoms with Gasteiger partial charge in [0.15, 0.2) is 0 Å². The van der Waals surface area contributed by atoms with Gasteiger partial charge < -0.3 is 9.84 Å². The van der Waals surface area contributed by atoms with E-state index in [1.807, 2.05) is 48.5 Å². The Bertz CT molecular complexity index is 790. The number of para-hydroxylation sites is 1. The zero-order valence-electron chi connectivity index (χ0n) is 14.6. The first-order chi connectivity index (χ1) is 12.7. The minimum absolute atomic E-state index is 0.0616. The molecule has 2 aromatic carbocycles. The average molecular weight is 370 g/mol. The summed E-state index contributed by atoms with van der Waals surface area (Å²) in [7, 11) is 1.62. The molecule has 2 aliphatic heterocycles. The van der Waals surface area contributed by atoms with Crippen LogP contribution in [0.25, 0.3) is 0 Å². The summed E-state index contributed by atoms with van der Waals surface area (Å²) in [6.07, 6.45) is 0.753. The van der Waals surface area contributed by atoms with Gasteiger partial charge in [-0.3, -0.25) is 15.0 Å². The molecule has 0 aliphatic carbocycles. The first-order valence-corrected chi connectivity index (χ1v) is 9.71. The second kappa shape index (κ2) is 7.31. The number of benzene rings is 2. The highest BCUT2D eigenvalue weighted by Crippen LogP contribution is 2.46. The number of ether oxygens (including phenoxy) is 1. The Morgan fingerprint density at radius 3 is 2.65 bits per heavy atom. The molecule has 0 bridgehead atoms. The number of fused-ring (bicyclic) bond motifs is 1. The van der Waals surface area contributed by atoms with E-state index in [4.69, 9.17) is 4.74 Å². The molecule has 2 aliphatic rings. The third-order valence-electron chi connectivity index (χ3n) is 4.95. The summed E-state index contributed by atoms with van der Waals surface area (Å²) in [5.41, 5.74) is 1.78. The van der Waals surface area contributed by atoms with E-state index < -0.39 is 6.10 Å². The van der Waals surface area contributed by atoms with Gasteiger partial charge in [-0.1, -0.05) is 24.3 Å². The van der Waals surface area contributed by atoms with Crippen LogP contribution < -0.4 is 15.0 Å². The number of nitrogens with one attached hydrogen (secondary N) is 1. The zero-order chi connectivity index (χ0) is 18.1. The highest BCUT2D eigenvalue weighted by Gasteiger charge is 2.40. The SMILES string of the molecule is COc1ccc([C@@H]2Sc3ccccc3N([C@@H]3CCCN3)C(=O)[C@@H]2O)cc1. The van der Waals surface area contributed by atoms with Crippen LogP contribution in [0.3, 0.4) is 0 Å². The van der Waals surface area contributed by atoms with Crippen molar-refractivity contribution in [1.82, 2.24) is 5.32 Å². The van der Waals surface area contributed by atoms with Crippen molar-refractivity contribution in [2.24, 2.45) is 0 Å². The lowest BCUT2D eigenvalue weighted by Crippen LogP contribution is -2.50. The molecule has 0 spiro atoms. The number of nitrogens with zero attached hydrogens (tertiary/aromatic N) is 1. The molecule has 1 amide bonds. The van der Waals surface area contributed by atoms with Crippen molar-refractivity contribution >= 4 is 23.4 Å². The van der Waals surface area contributed by atoms with Crippen LogP contribution in [0, 0.1) is 0 Å². The van der Waals surface area contributed by atoms with E-state index in [2.05, 4.69) is 5.32 Å². The van der Waals surface area contributed by atoms with Gasteiger partial charge >= 0.3 is 0 Å². The molecule has 136 valence electrons. The quantitative estimate of drug-likeness (QED) is 0.870. The minimum Gasteiger partial charge on any atom is -0.497 e. The van der Waals surface area contributed by atoms with Crippen LogP contribution >= 0.6 is 11.8 Å². The molecule has 0 unspecified atom stereocenters. The minimum atomic E-state index is -1.11. The van der Waals surface area contributed by atoms with E-state index >= 15 is 0 Å². The smallest absolute Gasteiger partial charge is 0.258 e. The van der Waals surface area contributed by atoms with Crippen LogP contribution in [0.2, 0.25) is 0 Å². The Hall–Kier alpha value is -2.02. The molecule has 26 heavy (non-hydrogen) atoms. The monoisotopic (exact) mass is 370 g/mol. The van der Waals surface area contributed by atoms with E-state index in [0.717, 1.165) is 41.3 Å². The van der Waals surface area contributed by atoms with Crippen LogP contribution in [0.15, 0.2) is 53.4 Å². The Kier molecular flexibility index (Phi) is 4.89. The summed E-state index contributed by atoms with van der Waals surface area (Å²) in [5, 5.41) is 14.0. The zero-order valence-corrected chi connectivity index (χ0v) is 15.4. The van der Waals surface area contributed by atoms with Gasteiger partial charge in [0.25, 0.3) is 5.91 Å². The lowest BCUT2D eigenvalue weighted by molar-refractivity contribution is -0.127. The molecule has 5 nitrogen and oxygen atoms in total. The fourth-order valence-corrected chi connectivity index (χ4v) is 4.86. The third-order valence-corrected chi connectivity index (χ3v) is 6.33. The summed E-state index contributed by atoms with van der Waals surface area (Å²) in [5.74, 6) is 0.507. The number of rotatable bonds is 3. The summed E-state index contributed by atoms with van der Waals surface area (Å²) >= 11 is 1.54. The molecule has 6 heteroatoms. The van der Waals surface area contributed by atoms with Gasteiger partial charge in [0, 0.05) is 4.90 Å². The highest BCUT2D eigenvalue weighted by molar-refractivity contribution is 7.99. The fraction of sp³-hybridized carbons (Fsp3) is 0.350. The molecule has 0 aromatic heterocycles. The maximum atomic E-state index is 13.2. The Morgan fingerprint density at radius 2 is 1.96 bits per heavy atom. The van der Waals surface area contributed by atoms with E-state index in [1.54, 1.807) is 12.0 Å². The summed E-state index contributed by atoms with van der Waals surface area (Å²) in [4.78, 5) is 16.0. The highest BCUT2D eigenvalue weighted by atomic mass is 32.2. The van der Waals surface area contributed by atoms with Crippen LogP contribution in [0.5, 0.6) is 5.75 Å². The molecule has 2 aromatic rings. The van der Waals surface area contributed by atoms with Crippen LogP contribution in [0.4, 0.5) is 5.69 Å². The number of methoxy groups -OCH3 is 1. The second-order valence-corrected chi connectivity index (χ2v) is 7.73. The van der Waals surface area contributed by atoms with Gasteiger partial charge in [-0.25, -0.2) is 0 Å². The van der Waals surface area contributed by atoms with Crippen molar-refractivity contribution in [3.8, 4) is 5.75 Å². The van der Waals surface area contributed by atoms with E-state index in [0.29, 0.717) is 0 Å². The van der Waals surface area contributed by atoms with Crippen molar-refractivity contribution in [3.05, 3.63) is 54.1 Å². The number of aliphatic hydroxyl groups is 1. The first kappa shape index (κ1) is 17.4. The molecule has 0 saturated carbocycles. The number of anilines is 1. The number of carbonyl (C=O) groups is 1. The Balaban J connectivity index is 1.74. The lowest BCUT2D eigenvalue weighted by atomic mass is 10.1. The summed E-state index contributed by atoms with van der Waals surface area (Å²) < 4.78 is 5.22. The van der Waals surface area contributed by atoms with Crippen LogP contribution in [-0.2, 0) is 4.79 Å². The number of hydrogen-bond donors (Lipinski definition) is 2. The largest absolute Gasteiger partial charge is 0.497 e. The number of carbonyl (C=O) groups excluding carboxylic acids is 1. The predicted octanol–water partition coefficient (Wildman–Crippen LogP) is 2.95. The summed E-state index contributed by atoms with van der Waals surface area (Å²) in [6, 6.07) is 15.4. The number of aliphatic hydroxyl groups excluding tert-OH is 1. The number of thioether (sulfide) groups is 1. The fourth-order valence-electron chi connectivity index (χ4n) is 3.60. The molecular formula is C20H22N2O3S. The molecule has 2 N–H and O–H groups in total. The molecule has 1 fully saturated rings. The summed E-state index contributed by atoms with van der Waals surface area (Å²) in [6.45, 7) is 0.891. The van der Waals surface area contributed by atoms with Gasteiger partial charge in [0.05, 0.1) is 24.2 Å². The van der Waals surface area contributed by atoms with Crippen molar-refractivity contribution < 1.29 is 14.6 Å². The maximum Gasteiger partial charge on any atom is 0.258 e. The molecule has 2 heterocycles. The van der Waals surface area contributed by atoms with Gasteiger partial charge in [-0.2, -0.15) is 0 Å². The van der Waals surface area contributed by atoms with Gasteiger partial charge in [0.1, 0.15) is 11.9 Å². The van der Waals surface area contributed by atoms with Crippen molar-refractivity contribution in [2.75, 3.05) is 18.6 Å². The predicted molar refractivity (Wildman–Crippen MR) is 103 cm³/mol. The molecule has 3 atom stereocenters. The molecule has 1 saturated heterocycles. The first-order valence-electron chi connectivity index (χ1n) is 8.83. The normalized spacial score (nSPS) is 25.7. The van der Waals surface area contributed by atoms with Crippen molar-refractivity contribution in [1.29, 1.82) is 0 Å². The molecule has 0 radical (unpaired) electrons. The second-order valence-electron chi connectivity index (χ2n) is 6.54. The lowest BCUT2D eigenvalue weighted by Gasteiger charge is -2.30. The van der Waals surface area contributed by atoms with Crippen molar-refractivity contribution in [3.63, 3.8) is 0 Å². The van der Waals surface area contributed by atoms with E-state index in [9.17, 15) is 9.90 Å². The number of amides is 1. The maximum absolute atomic E-state index is 13.2. The average Bonchev–Trinajstić information content (AvgIpc) is 3.18. The Morgan fingerprint density at radius 1 is 1.19 bits per heavy atom. The van der Waals surface area contributed by atoms with Gasteiger partial charge in [-0.15, -0.1) is 11.8 Å². The Labute approximate surface area is 157 Å². The van der Waals surface area contributed by atoms with E-state index in [-0.39, 0.29) is 17.3 Å². The number of hydrogen-bond acceptors (Lipinski definition) is 5. The van der Waals surface area contributed by atoms with Crippen molar-refractivity contribution in [2.45, 2.75) is 35.3 Å². The van der Waals surface area contributed by atoms with Crippen LogP contribution in [-0.4, -0.2) is 36.9 Å². The standard InChI is InChI=1S/C20H22N2O3S/c1-25-14-10-8-13(9-11-14)19-18(23)20(24)22(17-7-4-12-21-17)15-5-2-3-6-16(15)26-19/h2-3,5-6,8-11,17-19,21,23H,4,7,12H2,1H3/t17-,18-,19+/m1/s1. The molecule has 4 rings (SSSR count). The third kappa shape index (κ3) is 3.09. The van der Waals surface area contributed by atoms with Gasteiger partial charge in [-0.05, 0) is 49.2 Å². The topological polar surface area (TPSA) is 61.8 Å². The van der Waals surface area contributed by atoms with Crippen LogP contribution in [0.1, 0.15) is 23.7 Å². The molecular weight excluding hydrogens is 348 g/mol.